The molecule has 130 valence electrons. The Labute approximate surface area is 144 Å². The molecule has 1 aliphatic rings. The first-order valence-corrected chi connectivity index (χ1v) is 7.87. The third kappa shape index (κ3) is 3.31. The molecule has 2 aromatic rings. The van der Waals surface area contributed by atoms with Gasteiger partial charge in [-0.2, -0.15) is 0 Å². The highest BCUT2D eigenvalue weighted by atomic mass is 19.1. The SMILES string of the molecule is COc1cc(F)c2c(c1)C(N(CC(N)=O)C(=O)c1cccnc1)CC2. The predicted octanol–water partition coefficient (Wildman–Crippen LogP) is 1.84. The van der Waals surface area contributed by atoms with Crippen LogP contribution < -0.4 is 10.5 Å². The van der Waals surface area contributed by atoms with Gasteiger partial charge in [-0.15, -0.1) is 0 Å². The molecular formula is C18H18FN3O3. The van der Waals surface area contributed by atoms with Crippen LogP contribution in [-0.4, -0.2) is 35.4 Å². The maximum absolute atomic E-state index is 14.3. The number of methoxy groups -OCH3 is 1. The van der Waals surface area contributed by atoms with E-state index < -0.39 is 11.9 Å². The molecule has 2 N–H and O–H groups in total. The van der Waals surface area contributed by atoms with Crippen LogP contribution in [0.15, 0.2) is 36.7 Å². The lowest BCUT2D eigenvalue weighted by molar-refractivity contribution is -0.119. The molecule has 1 aromatic heterocycles. The topological polar surface area (TPSA) is 85.5 Å². The Hall–Kier alpha value is -2.96. The minimum absolute atomic E-state index is 0.253. The predicted molar refractivity (Wildman–Crippen MR) is 88.5 cm³/mol. The Morgan fingerprint density at radius 1 is 1.44 bits per heavy atom. The van der Waals surface area contributed by atoms with E-state index in [0.29, 0.717) is 35.3 Å². The van der Waals surface area contributed by atoms with E-state index in [4.69, 9.17) is 10.5 Å². The molecular weight excluding hydrogens is 325 g/mol. The molecule has 1 unspecified atom stereocenters. The number of amides is 2. The van der Waals surface area contributed by atoms with E-state index in [1.807, 2.05) is 0 Å². The molecule has 0 bridgehead atoms. The van der Waals surface area contributed by atoms with E-state index in [-0.39, 0.29) is 18.3 Å². The number of primary amides is 1. The number of fused-ring (bicyclic) bond motifs is 1. The Morgan fingerprint density at radius 3 is 2.88 bits per heavy atom. The van der Waals surface area contributed by atoms with Crippen molar-refractivity contribution >= 4 is 11.8 Å². The van der Waals surface area contributed by atoms with Crippen molar-refractivity contribution in [3.05, 3.63) is 59.2 Å². The zero-order valence-corrected chi connectivity index (χ0v) is 13.7. The van der Waals surface area contributed by atoms with Crippen molar-refractivity contribution < 1.29 is 18.7 Å². The molecule has 3 rings (SSSR count). The number of rotatable bonds is 5. The number of carbonyl (C=O) groups is 2. The van der Waals surface area contributed by atoms with Crippen molar-refractivity contribution in [1.82, 2.24) is 9.88 Å². The summed E-state index contributed by atoms with van der Waals surface area (Å²) in [5, 5.41) is 0. The van der Waals surface area contributed by atoms with Gasteiger partial charge in [0.2, 0.25) is 5.91 Å². The van der Waals surface area contributed by atoms with Crippen molar-refractivity contribution in [1.29, 1.82) is 0 Å². The summed E-state index contributed by atoms with van der Waals surface area (Å²) in [6.45, 7) is -0.253. The number of carbonyl (C=O) groups excluding carboxylic acids is 2. The van der Waals surface area contributed by atoms with E-state index in [0.717, 1.165) is 0 Å². The molecule has 0 aliphatic heterocycles. The standard InChI is InChI=1S/C18H18FN3O3/c1-25-12-7-14-13(15(19)8-12)4-5-16(14)22(10-17(20)23)18(24)11-3-2-6-21-9-11/h2-3,6-9,16H,4-5,10H2,1H3,(H2,20,23). The molecule has 25 heavy (non-hydrogen) atoms. The normalized spacial score (nSPS) is 15.5. The van der Waals surface area contributed by atoms with Gasteiger partial charge in [-0.05, 0) is 42.2 Å². The van der Waals surface area contributed by atoms with Gasteiger partial charge in [-0.25, -0.2) is 4.39 Å². The lowest BCUT2D eigenvalue weighted by Gasteiger charge is -2.29. The maximum atomic E-state index is 14.3. The lowest BCUT2D eigenvalue weighted by atomic mass is 10.0. The summed E-state index contributed by atoms with van der Waals surface area (Å²) in [7, 11) is 1.45. The summed E-state index contributed by atoms with van der Waals surface area (Å²) in [6.07, 6.45) is 3.97. The van der Waals surface area contributed by atoms with Crippen LogP contribution in [-0.2, 0) is 11.2 Å². The van der Waals surface area contributed by atoms with Crippen molar-refractivity contribution in [3.63, 3.8) is 0 Å². The van der Waals surface area contributed by atoms with Crippen molar-refractivity contribution in [2.45, 2.75) is 18.9 Å². The van der Waals surface area contributed by atoms with Crippen molar-refractivity contribution in [2.24, 2.45) is 5.73 Å². The minimum Gasteiger partial charge on any atom is -0.497 e. The molecule has 0 radical (unpaired) electrons. The molecule has 1 aliphatic carbocycles. The van der Waals surface area contributed by atoms with E-state index in [2.05, 4.69) is 4.98 Å². The van der Waals surface area contributed by atoms with Gasteiger partial charge in [0.05, 0.1) is 18.7 Å². The van der Waals surface area contributed by atoms with Crippen molar-refractivity contribution in [3.8, 4) is 5.75 Å². The van der Waals surface area contributed by atoms with Gasteiger partial charge in [0.1, 0.15) is 18.1 Å². The smallest absolute Gasteiger partial charge is 0.256 e. The average Bonchev–Trinajstić information content (AvgIpc) is 3.04. The molecule has 2 amide bonds. The van der Waals surface area contributed by atoms with Crippen LogP contribution in [0.1, 0.15) is 33.9 Å². The van der Waals surface area contributed by atoms with Crippen LogP contribution in [0.3, 0.4) is 0 Å². The Balaban J connectivity index is 2.01. The van der Waals surface area contributed by atoms with E-state index >= 15 is 0 Å². The molecule has 1 heterocycles. The number of ether oxygens (including phenoxy) is 1. The van der Waals surface area contributed by atoms with Gasteiger partial charge in [-0.1, -0.05) is 0 Å². The number of hydrogen-bond acceptors (Lipinski definition) is 4. The monoisotopic (exact) mass is 343 g/mol. The molecule has 0 saturated heterocycles. The summed E-state index contributed by atoms with van der Waals surface area (Å²) in [5.74, 6) is -0.997. The van der Waals surface area contributed by atoms with Crippen LogP contribution >= 0.6 is 0 Å². The molecule has 1 atom stereocenters. The molecule has 0 fully saturated rings. The van der Waals surface area contributed by atoms with E-state index in [9.17, 15) is 14.0 Å². The highest BCUT2D eigenvalue weighted by Crippen LogP contribution is 2.39. The minimum atomic E-state index is -0.631. The fraction of sp³-hybridized carbons (Fsp3) is 0.278. The first-order valence-electron chi connectivity index (χ1n) is 7.87. The van der Waals surface area contributed by atoms with Crippen LogP contribution in [0.5, 0.6) is 5.75 Å². The highest BCUT2D eigenvalue weighted by molar-refractivity contribution is 5.96. The van der Waals surface area contributed by atoms with E-state index in [1.165, 1.54) is 24.3 Å². The zero-order valence-electron chi connectivity index (χ0n) is 13.7. The average molecular weight is 343 g/mol. The first kappa shape index (κ1) is 16.9. The number of nitrogens with zero attached hydrogens (tertiary/aromatic N) is 2. The Morgan fingerprint density at radius 2 is 2.24 bits per heavy atom. The molecule has 1 aromatic carbocycles. The second-order valence-corrected chi connectivity index (χ2v) is 5.87. The largest absolute Gasteiger partial charge is 0.497 e. The van der Waals surface area contributed by atoms with Gasteiger partial charge in [-0.3, -0.25) is 14.6 Å². The van der Waals surface area contributed by atoms with Gasteiger partial charge in [0, 0.05) is 18.5 Å². The quantitative estimate of drug-likeness (QED) is 0.898. The zero-order chi connectivity index (χ0) is 18.0. The highest BCUT2D eigenvalue weighted by Gasteiger charge is 2.34. The number of nitrogens with two attached hydrogens (primary N) is 1. The first-order chi connectivity index (χ1) is 12.0. The summed E-state index contributed by atoms with van der Waals surface area (Å²) >= 11 is 0. The molecule has 0 saturated carbocycles. The van der Waals surface area contributed by atoms with Gasteiger partial charge < -0.3 is 15.4 Å². The van der Waals surface area contributed by atoms with Crippen LogP contribution in [0.2, 0.25) is 0 Å². The number of benzene rings is 1. The number of halogens is 1. The lowest BCUT2D eigenvalue weighted by Crippen LogP contribution is -2.40. The fourth-order valence-corrected chi connectivity index (χ4v) is 3.22. The number of aromatic nitrogens is 1. The van der Waals surface area contributed by atoms with Crippen LogP contribution in [0, 0.1) is 5.82 Å². The number of pyridine rings is 1. The van der Waals surface area contributed by atoms with E-state index in [1.54, 1.807) is 24.4 Å². The van der Waals surface area contributed by atoms with Gasteiger partial charge in [0.25, 0.3) is 5.91 Å². The van der Waals surface area contributed by atoms with Crippen LogP contribution in [0.4, 0.5) is 4.39 Å². The van der Waals surface area contributed by atoms with Gasteiger partial charge >= 0.3 is 0 Å². The summed E-state index contributed by atoms with van der Waals surface area (Å²) in [6, 6.07) is 5.84. The molecule has 7 heteroatoms. The Kier molecular flexibility index (Phi) is 4.65. The second kappa shape index (κ2) is 6.88. The molecule has 6 nitrogen and oxygen atoms in total. The summed E-state index contributed by atoms with van der Waals surface area (Å²) in [4.78, 5) is 29.7. The Bertz CT molecular complexity index is 811. The summed E-state index contributed by atoms with van der Waals surface area (Å²) < 4.78 is 19.4. The third-order valence-electron chi connectivity index (χ3n) is 4.34. The maximum Gasteiger partial charge on any atom is 0.256 e. The fourth-order valence-electron chi connectivity index (χ4n) is 3.22. The molecule has 0 spiro atoms. The van der Waals surface area contributed by atoms with Crippen LogP contribution in [0.25, 0.3) is 0 Å². The third-order valence-corrected chi connectivity index (χ3v) is 4.34. The van der Waals surface area contributed by atoms with Gasteiger partial charge in [0.15, 0.2) is 0 Å². The number of hydrogen-bond donors (Lipinski definition) is 1. The summed E-state index contributed by atoms with van der Waals surface area (Å²) in [5.41, 5.74) is 6.87. The van der Waals surface area contributed by atoms with Crippen molar-refractivity contribution in [2.75, 3.05) is 13.7 Å². The second-order valence-electron chi connectivity index (χ2n) is 5.87.